The van der Waals surface area contributed by atoms with Crippen LogP contribution in [0.15, 0.2) is 67.0 Å². The van der Waals surface area contributed by atoms with Gasteiger partial charge in [0, 0.05) is 29.2 Å². The molecule has 0 saturated heterocycles. The van der Waals surface area contributed by atoms with Crippen LogP contribution in [-0.2, 0) is 0 Å². The monoisotopic (exact) mass is 294 g/mol. The molecule has 0 atom stereocenters. The van der Waals surface area contributed by atoms with E-state index in [1.165, 1.54) is 0 Å². The van der Waals surface area contributed by atoms with Gasteiger partial charge < -0.3 is 4.57 Å². The van der Waals surface area contributed by atoms with Gasteiger partial charge in [-0.25, -0.2) is 4.98 Å². The lowest BCUT2D eigenvalue weighted by atomic mass is 9.99. The van der Waals surface area contributed by atoms with Crippen molar-refractivity contribution < 1.29 is 0 Å². The lowest BCUT2D eigenvalue weighted by Gasteiger charge is -2.10. The van der Waals surface area contributed by atoms with Crippen LogP contribution in [0.4, 0.5) is 0 Å². The largest absolute Gasteiger partial charge is 0.310 e. The van der Waals surface area contributed by atoms with Gasteiger partial charge in [0.05, 0.1) is 0 Å². The molecule has 2 aromatic carbocycles. The van der Waals surface area contributed by atoms with Crippen LogP contribution in [0.25, 0.3) is 11.8 Å². The summed E-state index contributed by atoms with van der Waals surface area (Å²) in [5.74, 6) is 0.956. The highest BCUT2D eigenvalue weighted by atomic mass is 35.5. The number of aromatic nitrogens is 2. The molecular weight excluding hydrogens is 280 g/mol. The molecule has 0 saturated carbocycles. The molecule has 0 fully saturated rings. The van der Waals surface area contributed by atoms with Crippen LogP contribution in [0, 0.1) is 6.92 Å². The van der Waals surface area contributed by atoms with Crippen molar-refractivity contribution in [2.75, 3.05) is 0 Å². The molecule has 1 aromatic heterocycles. The van der Waals surface area contributed by atoms with Crippen molar-refractivity contribution in [3.63, 3.8) is 0 Å². The lowest BCUT2D eigenvalue weighted by molar-refractivity contribution is 1.03. The second-order valence-electron chi connectivity index (χ2n) is 4.80. The predicted octanol–water partition coefficient (Wildman–Crippen LogP) is 4.89. The number of benzene rings is 2. The number of imidazole rings is 1. The van der Waals surface area contributed by atoms with Crippen LogP contribution in [-0.4, -0.2) is 9.55 Å². The summed E-state index contributed by atoms with van der Waals surface area (Å²) in [6, 6.07) is 18.2. The van der Waals surface area contributed by atoms with Gasteiger partial charge in [-0.2, -0.15) is 0 Å². The molecule has 104 valence electrons. The Morgan fingerprint density at radius 2 is 1.67 bits per heavy atom. The first-order valence-corrected chi connectivity index (χ1v) is 7.14. The van der Waals surface area contributed by atoms with Crippen molar-refractivity contribution in [2.24, 2.45) is 0 Å². The van der Waals surface area contributed by atoms with Gasteiger partial charge in [0.2, 0.25) is 0 Å². The molecule has 3 aromatic rings. The zero-order valence-electron chi connectivity index (χ0n) is 11.7. The molecule has 2 nitrogen and oxygen atoms in total. The summed E-state index contributed by atoms with van der Waals surface area (Å²) in [4.78, 5) is 4.27. The molecule has 0 spiro atoms. The first-order valence-electron chi connectivity index (χ1n) is 6.76. The summed E-state index contributed by atoms with van der Waals surface area (Å²) < 4.78 is 2.02. The Labute approximate surface area is 129 Å². The van der Waals surface area contributed by atoms with Crippen LogP contribution in [0.3, 0.4) is 0 Å². The summed E-state index contributed by atoms with van der Waals surface area (Å²) in [5.41, 5.74) is 3.42. The molecule has 0 aliphatic rings. The molecule has 3 heteroatoms. The first-order chi connectivity index (χ1) is 10.2. The summed E-state index contributed by atoms with van der Waals surface area (Å²) >= 11 is 6.00. The quantitative estimate of drug-likeness (QED) is 0.672. The average molecular weight is 295 g/mol. The third-order valence-corrected chi connectivity index (χ3v) is 3.62. The number of nitrogens with zero attached hydrogens (tertiary/aromatic N) is 2. The fourth-order valence-electron chi connectivity index (χ4n) is 2.23. The van der Waals surface area contributed by atoms with Crippen molar-refractivity contribution in [3.8, 4) is 0 Å². The van der Waals surface area contributed by atoms with E-state index in [1.54, 1.807) is 6.20 Å². The fourth-order valence-corrected chi connectivity index (χ4v) is 2.35. The van der Waals surface area contributed by atoms with E-state index in [9.17, 15) is 0 Å². The van der Waals surface area contributed by atoms with Crippen LogP contribution in [0.2, 0.25) is 5.02 Å². The number of aryl methyl sites for hydroxylation is 1. The molecule has 0 radical (unpaired) electrons. The van der Waals surface area contributed by atoms with Crippen LogP contribution in [0.5, 0.6) is 0 Å². The van der Waals surface area contributed by atoms with Gasteiger partial charge in [0.25, 0.3) is 0 Å². The SMILES string of the molecule is Cc1nccn1C=C(c1ccccc1)c1ccc(Cl)cc1. The third-order valence-electron chi connectivity index (χ3n) is 3.37. The molecule has 0 N–H and O–H groups in total. The number of rotatable bonds is 3. The average Bonchev–Trinajstić information content (AvgIpc) is 2.92. The van der Waals surface area contributed by atoms with Gasteiger partial charge in [-0.05, 0) is 30.2 Å². The van der Waals surface area contributed by atoms with Crippen molar-refractivity contribution in [3.05, 3.63) is 89.0 Å². The summed E-state index contributed by atoms with van der Waals surface area (Å²) in [5, 5.41) is 0.741. The zero-order valence-corrected chi connectivity index (χ0v) is 12.5. The van der Waals surface area contributed by atoms with E-state index in [0.717, 1.165) is 27.5 Å². The highest BCUT2D eigenvalue weighted by Gasteiger charge is 2.06. The Hall–Kier alpha value is -2.32. The van der Waals surface area contributed by atoms with Gasteiger partial charge in [-0.15, -0.1) is 0 Å². The van der Waals surface area contributed by atoms with Crippen molar-refractivity contribution in [1.82, 2.24) is 9.55 Å². The smallest absolute Gasteiger partial charge is 0.109 e. The van der Waals surface area contributed by atoms with Crippen LogP contribution >= 0.6 is 11.6 Å². The van der Waals surface area contributed by atoms with E-state index in [4.69, 9.17) is 11.6 Å². The van der Waals surface area contributed by atoms with E-state index in [0.29, 0.717) is 0 Å². The Bertz CT molecular complexity index is 755. The highest BCUT2D eigenvalue weighted by Crippen LogP contribution is 2.25. The maximum Gasteiger partial charge on any atom is 0.109 e. The standard InChI is InChI=1S/C18H15ClN2/c1-14-20-11-12-21(14)13-18(15-5-3-2-4-6-15)16-7-9-17(19)10-8-16/h2-13H,1H3. The van der Waals surface area contributed by atoms with Gasteiger partial charge in [-0.1, -0.05) is 54.1 Å². The molecule has 21 heavy (non-hydrogen) atoms. The van der Waals surface area contributed by atoms with E-state index >= 15 is 0 Å². The third kappa shape index (κ3) is 3.06. The Balaban J connectivity index is 2.14. The molecule has 0 amide bonds. The second kappa shape index (κ2) is 5.98. The van der Waals surface area contributed by atoms with E-state index in [-0.39, 0.29) is 0 Å². The van der Waals surface area contributed by atoms with Gasteiger partial charge in [0.1, 0.15) is 5.82 Å². The van der Waals surface area contributed by atoms with Crippen LogP contribution < -0.4 is 0 Å². The molecular formula is C18H15ClN2. The number of halogens is 1. The van der Waals surface area contributed by atoms with E-state index in [2.05, 4.69) is 23.3 Å². The van der Waals surface area contributed by atoms with Gasteiger partial charge in [0.15, 0.2) is 0 Å². The van der Waals surface area contributed by atoms with Crippen molar-refractivity contribution >= 4 is 23.4 Å². The lowest BCUT2D eigenvalue weighted by Crippen LogP contribution is -1.94. The molecule has 0 aliphatic carbocycles. The molecule has 0 aliphatic heterocycles. The van der Waals surface area contributed by atoms with Crippen molar-refractivity contribution in [2.45, 2.75) is 6.92 Å². The minimum atomic E-state index is 0.741. The summed E-state index contributed by atoms with van der Waals surface area (Å²) in [6.45, 7) is 1.99. The van der Waals surface area contributed by atoms with Crippen LogP contribution in [0.1, 0.15) is 17.0 Å². The normalized spacial score (nSPS) is 11.6. The summed E-state index contributed by atoms with van der Waals surface area (Å²) in [6.07, 6.45) is 5.85. The van der Waals surface area contributed by atoms with E-state index in [1.807, 2.05) is 60.2 Å². The number of hydrogen-bond acceptors (Lipinski definition) is 1. The number of hydrogen-bond donors (Lipinski definition) is 0. The predicted molar refractivity (Wildman–Crippen MR) is 88.1 cm³/mol. The Morgan fingerprint density at radius 1 is 1.00 bits per heavy atom. The van der Waals surface area contributed by atoms with Gasteiger partial charge >= 0.3 is 0 Å². The Kier molecular flexibility index (Phi) is 3.89. The molecule has 0 unspecified atom stereocenters. The van der Waals surface area contributed by atoms with Crippen molar-refractivity contribution in [1.29, 1.82) is 0 Å². The zero-order chi connectivity index (χ0) is 14.7. The first kappa shape index (κ1) is 13.7. The second-order valence-corrected chi connectivity index (χ2v) is 5.23. The Morgan fingerprint density at radius 3 is 2.29 bits per heavy atom. The topological polar surface area (TPSA) is 17.8 Å². The van der Waals surface area contributed by atoms with Gasteiger partial charge in [-0.3, -0.25) is 0 Å². The molecule has 3 rings (SSSR count). The minimum absolute atomic E-state index is 0.741. The molecule has 0 bridgehead atoms. The maximum absolute atomic E-state index is 6.00. The maximum atomic E-state index is 6.00. The minimum Gasteiger partial charge on any atom is -0.310 e. The highest BCUT2D eigenvalue weighted by molar-refractivity contribution is 6.30. The fraction of sp³-hybridized carbons (Fsp3) is 0.0556. The van der Waals surface area contributed by atoms with E-state index < -0.39 is 0 Å². The summed E-state index contributed by atoms with van der Waals surface area (Å²) in [7, 11) is 0. The molecule has 1 heterocycles.